The van der Waals surface area contributed by atoms with E-state index in [0.29, 0.717) is 50.8 Å². The van der Waals surface area contributed by atoms with Gasteiger partial charge >= 0.3 is 6.09 Å². The largest absolute Gasteiger partial charge is 0.442 e. The van der Waals surface area contributed by atoms with Crippen molar-refractivity contribution in [3.63, 3.8) is 0 Å². The maximum atomic E-state index is 14.6. The highest BCUT2D eigenvalue weighted by atomic mass is 32.1. The zero-order valence-corrected chi connectivity index (χ0v) is 15.9. The van der Waals surface area contributed by atoms with E-state index in [1.165, 1.54) is 11.0 Å². The van der Waals surface area contributed by atoms with E-state index in [1.807, 2.05) is 18.7 Å². The van der Waals surface area contributed by atoms with E-state index in [0.717, 1.165) is 4.99 Å². The zero-order valence-electron chi connectivity index (χ0n) is 15.0. The van der Waals surface area contributed by atoms with Gasteiger partial charge in [0.25, 0.3) is 0 Å². The number of benzene rings is 1. The van der Waals surface area contributed by atoms with Crippen molar-refractivity contribution in [2.24, 2.45) is 5.92 Å². The lowest BCUT2D eigenvalue weighted by Crippen LogP contribution is -2.37. The number of carbonyl (C=O) groups excluding carboxylic acids is 1. The second kappa shape index (κ2) is 8.18. The van der Waals surface area contributed by atoms with Crippen molar-refractivity contribution in [1.82, 2.24) is 5.32 Å². The predicted octanol–water partition coefficient (Wildman–Crippen LogP) is 2.56. The number of carbonyl (C=O) groups is 1. The molecule has 0 aliphatic carbocycles. The number of anilines is 2. The molecule has 2 fully saturated rings. The normalized spacial score (nSPS) is 20.5. The molecule has 1 aromatic carbocycles. The van der Waals surface area contributed by atoms with E-state index < -0.39 is 6.09 Å². The third kappa shape index (κ3) is 4.24. The minimum Gasteiger partial charge on any atom is -0.442 e. The summed E-state index contributed by atoms with van der Waals surface area (Å²) in [5.41, 5.74) is 1.03. The lowest BCUT2D eigenvalue weighted by molar-refractivity contribution is 0.122. The fourth-order valence-electron chi connectivity index (χ4n) is 2.98. The summed E-state index contributed by atoms with van der Waals surface area (Å²) in [6.45, 7) is 7.31. The Bertz CT molecular complexity index is 680. The molecule has 2 heterocycles. The molecule has 26 heavy (non-hydrogen) atoms. The molecule has 3 rings (SSSR count). The van der Waals surface area contributed by atoms with Crippen LogP contribution in [0.5, 0.6) is 0 Å². The fraction of sp³-hybridized carbons (Fsp3) is 0.556. The fourth-order valence-corrected chi connectivity index (χ4v) is 3.06. The van der Waals surface area contributed by atoms with Crippen LogP contribution in [-0.2, 0) is 9.47 Å². The van der Waals surface area contributed by atoms with Crippen LogP contribution >= 0.6 is 12.2 Å². The highest BCUT2D eigenvalue weighted by molar-refractivity contribution is 7.80. The summed E-state index contributed by atoms with van der Waals surface area (Å²) >= 11 is 5.23. The maximum absolute atomic E-state index is 14.6. The Morgan fingerprint density at radius 1 is 1.38 bits per heavy atom. The van der Waals surface area contributed by atoms with Crippen LogP contribution in [0.4, 0.5) is 20.6 Å². The van der Waals surface area contributed by atoms with Crippen LogP contribution in [0.15, 0.2) is 18.2 Å². The van der Waals surface area contributed by atoms with Gasteiger partial charge in [-0.15, -0.1) is 0 Å². The first-order valence-corrected chi connectivity index (χ1v) is 9.24. The Balaban J connectivity index is 1.64. The molecule has 2 aliphatic heterocycles. The first-order valence-electron chi connectivity index (χ1n) is 8.84. The van der Waals surface area contributed by atoms with Gasteiger partial charge < -0.3 is 19.7 Å². The van der Waals surface area contributed by atoms with E-state index >= 15 is 0 Å². The number of rotatable bonds is 5. The van der Waals surface area contributed by atoms with Crippen LogP contribution in [0.2, 0.25) is 0 Å². The minimum absolute atomic E-state index is 0.236. The van der Waals surface area contributed by atoms with Gasteiger partial charge in [0.1, 0.15) is 11.9 Å². The number of amides is 1. The molecule has 2 saturated heterocycles. The Morgan fingerprint density at radius 2 is 2.12 bits per heavy atom. The first kappa shape index (κ1) is 18.8. The molecular formula is C18H24FN3O3S. The smallest absolute Gasteiger partial charge is 0.414 e. The Kier molecular flexibility index (Phi) is 5.93. The second-order valence-electron chi connectivity index (χ2n) is 6.75. The van der Waals surface area contributed by atoms with Crippen LogP contribution in [0.25, 0.3) is 0 Å². The molecule has 1 amide bonds. The summed E-state index contributed by atoms with van der Waals surface area (Å²) in [6, 6.07) is 4.85. The topological polar surface area (TPSA) is 54.0 Å². The van der Waals surface area contributed by atoms with Crippen molar-refractivity contribution in [2.75, 3.05) is 49.2 Å². The molecule has 1 unspecified atom stereocenters. The van der Waals surface area contributed by atoms with Crippen LogP contribution < -0.4 is 15.1 Å². The number of hydrogen-bond acceptors (Lipinski definition) is 5. The van der Waals surface area contributed by atoms with Gasteiger partial charge in [0.05, 0.1) is 42.7 Å². The van der Waals surface area contributed by atoms with Crippen molar-refractivity contribution < 1.29 is 18.7 Å². The zero-order chi connectivity index (χ0) is 18.7. The quantitative estimate of drug-likeness (QED) is 0.792. The molecule has 0 saturated carbocycles. The molecule has 0 aromatic heterocycles. The minimum atomic E-state index is -0.467. The van der Waals surface area contributed by atoms with Gasteiger partial charge in [-0.05, 0) is 18.2 Å². The molecular weight excluding hydrogens is 357 g/mol. The number of halogens is 1. The van der Waals surface area contributed by atoms with Crippen molar-refractivity contribution >= 4 is 34.7 Å². The Labute approximate surface area is 158 Å². The molecule has 1 aromatic rings. The van der Waals surface area contributed by atoms with Gasteiger partial charge in [0.15, 0.2) is 0 Å². The average molecular weight is 381 g/mol. The van der Waals surface area contributed by atoms with E-state index in [1.54, 1.807) is 12.1 Å². The van der Waals surface area contributed by atoms with Gasteiger partial charge in [0, 0.05) is 19.0 Å². The van der Waals surface area contributed by atoms with Crippen molar-refractivity contribution in [1.29, 1.82) is 0 Å². The molecule has 0 spiro atoms. The summed E-state index contributed by atoms with van der Waals surface area (Å²) in [6.07, 6.45) is -0.785. The lowest BCUT2D eigenvalue weighted by atomic mass is 10.2. The van der Waals surface area contributed by atoms with Gasteiger partial charge in [-0.1, -0.05) is 26.1 Å². The van der Waals surface area contributed by atoms with Crippen LogP contribution in [0, 0.1) is 11.7 Å². The summed E-state index contributed by atoms with van der Waals surface area (Å²) in [4.78, 5) is 16.3. The number of nitrogens with one attached hydrogen (secondary N) is 1. The van der Waals surface area contributed by atoms with Crippen molar-refractivity contribution in [3.8, 4) is 0 Å². The highest BCUT2D eigenvalue weighted by Gasteiger charge is 2.33. The number of thiocarbonyl (C=S) groups is 1. The number of morpholine rings is 1. The SMILES string of the molecule is CC(C)C(=S)NCC1CN(c2ccc(N3CCOCC3)c(F)c2)C(=O)O1. The number of cyclic esters (lactones) is 1. The van der Waals surface area contributed by atoms with E-state index in [-0.39, 0.29) is 17.8 Å². The molecule has 2 aliphatic rings. The first-order chi connectivity index (χ1) is 12.5. The average Bonchev–Trinajstić information content (AvgIpc) is 3.01. The number of ether oxygens (including phenoxy) is 2. The molecule has 0 bridgehead atoms. The van der Waals surface area contributed by atoms with Gasteiger partial charge in [-0.25, -0.2) is 9.18 Å². The maximum Gasteiger partial charge on any atom is 0.414 e. The van der Waals surface area contributed by atoms with E-state index in [9.17, 15) is 9.18 Å². The van der Waals surface area contributed by atoms with Crippen LogP contribution in [0.1, 0.15) is 13.8 Å². The molecule has 1 atom stereocenters. The van der Waals surface area contributed by atoms with Crippen molar-refractivity contribution in [3.05, 3.63) is 24.0 Å². The van der Waals surface area contributed by atoms with Gasteiger partial charge in [-0.2, -0.15) is 0 Å². The summed E-state index contributed by atoms with van der Waals surface area (Å²) in [7, 11) is 0. The molecule has 0 radical (unpaired) electrons. The summed E-state index contributed by atoms with van der Waals surface area (Å²) in [5, 5.41) is 3.12. The van der Waals surface area contributed by atoms with Gasteiger partial charge in [-0.3, -0.25) is 4.90 Å². The lowest BCUT2D eigenvalue weighted by Gasteiger charge is -2.29. The van der Waals surface area contributed by atoms with Crippen molar-refractivity contribution in [2.45, 2.75) is 20.0 Å². The summed E-state index contributed by atoms with van der Waals surface area (Å²) < 4.78 is 25.2. The Hall–Kier alpha value is -1.93. The monoisotopic (exact) mass is 381 g/mol. The predicted molar refractivity (Wildman–Crippen MR) is 102 cm³/mol. The third-order valence-corrected chi connectivity index (χ3v) is 5.11. The summed E-state index contributed by atoms with van der Waals surface area (Å²) in [5.74, 6) is -0.111. The third-order valence-electron chi connectivity index (χ3n) is 4.50. The second-order valence-corrected chi connectivity index (χ2v) is 7.19. The highest BCUT2D eigenvalue weighted by Crippen LogP contribution is 2.28. The number of hydrogen-bond donors (Lipinski definition) is 1. The Morgan fingerprint density at radius 3 is 2.77 bits per heavy atom. The van der Waals surface area contributed by atoms with Gasteiger partial charge in [0.2, 0.25) is 0 Å². The van der Waals surface area contributed by atoms with E-state index in [2.05, 4.69) is 5.32 Å². The van der Waals surface area contributed by atoms with Crippen LogP contribution in [0.3, 0.4) is 0 Å². The van der Waals surface area contributed by atoms with E-state index in [4.69, 9.17) is 21.7 Å². The molecule has 8 heteroatoms. The standard InChI is InChI=1S/C18H24FN3O3S/c1-12(2)17(26)20-10-14-11-22(18(23)25-14)13-3-4-16(15(19)9-13)21-5-7-24-8-6-21/h3-4,9,12,14H,5-8,10-11H2,1-2H3,(H,20,26). The molecule has 142 valence electrons. The molecule has 6 nitrogen and oxygen atoms in total. The van der Waals surface area contributed by atoms with Crippen LogP contribution in [-0.4, -0.2) is 56.6 Å². The number of nitrogens with zero attached hydrogens (tertiary/aromatic N) is 2. The molecule has 1 N–H and O–H groups in total.